The number of carbonyl (C=O) groups excluding carboxylic acids is 3. The molecular weight excluding hydrogens is 418 g/mol. The number of nitrogens with one attached hydrogen (secondary N) is 1. The van der Waals surface area contributed by atoms with E-state index in [0.717, 1.165) is 11.8 Å². The molecule has 10 heteroatoms. The van der Waals surface area contributed by atoms with Crippen LogP contribution in [0.3, 0.4) is 0 Å². The molecule has 0 heterocycles. The lowest BCUT2D eigenvalue weighted by molar-refractivity contribution is -0.119. The molecule has 8 nitrogen and oxygen atoms in total. The summed E-state index contributed by atoms with van der Waals surface area (Å²) in [6.07, 6.45) is 0. The summed E-state index contributed by atoms with van der Waals surface area (Å²) in [6, 6.07) is 9.75. The number of benzene rings is 2. The number of anilines is 1. The fourth-order valence-electron chi connectivity index (χ4n) is 2.17. The Morgan fingerprint density at radius 1 is 1.21 bits per heavy atom. The second-order valence-corrected chi connectivity index (χ2v) is 7.36. The molecule has 0 aliphatic heterocycles. The van der Waals surface area contributed by atoms with Crippen LogP contribution in [0, 0.1) is 0 Å². The molecule has 0 atom stereocenters. The number of halogens is 1. The number of para-hydroxylation sites is 1. The van der Waals surface area contributed by atoms with Gasteiger partial charge in [0.05, 0.1) is 17.8 Å². The molecule has 0 fully saturated rings. The Labute approximate surface area is 177 Å². The minimum absolute atomic E-state index is 0.0844. The molecule has 0 saturated heterocycles. The van der Waals surface area contributed by atoms with Gasteiger partial charge in [-0.1, -0.05) is 23.7 Å². The smallest absolute Gasteiger partial charge is 0.286 e. The van der Waals surface area contributed by atoms with Gasteiger partial charge in [0, 0.05) is 24.6 Å². The molecule has 0 saturated carbocycles. The second-order valence-electron chi connectivity index (χ2n) is 5.96. The summed E-state index contributed by atoms with van der Waals surface area (Å²) in [4.78, 5) is 37.7. The number of amides is 3. The number of hydrogen-bond donors (Lipinski definition) is 2. The summed E-state index contributed by atoms with van der Waals surface area (Å²) in [5.41, 5.74) is 5.75. The van der Waals surface area contributed by atoms with E-state index in [9.17, 15) is 14.4 Å². The van der Waals surface area contributed by atoms with Crippen molar-refractivity contribution in [2.24, 2.45) is 5.73 Å². The van der Waals surface area contributed by atoms with E-state index in [1.165, 1.54) is 24.1 Å². The Morgan fingerprint density at radius 2 is 1.90 bits per heavy atom. The van der Waals surface area contributed by atoms with E-state index >= 15 is 0 Å². The highest BCUT2D eigenvalue weighted by Gasteiger charge is 2.18. The van der Waals surface area contributed by atoms with Gasteiger partial charge in [-0.15, -0.1) is 0 Å². The predicted octanol–water partition coefficient (Wildman–Crippen LogP) is 3.24. The molecule has 3 amide bonds. The summed E-state index contributed by atoms with van der Waals surface area (Å²) >= 11 is 7.18. The van der Waals surface area contributed by atoms with E-state index in [1.807, 2.05) is 0 Å². The molecule has 154 valence electrons. The topological polar surface area (TPSA) is 111 Å². The van der Waals surface area contributed by atoms with Crippen molar-refractivity contribution in [1.82, 2.24) is 4.90 Å². The summed E-state index contributed by atoms with van der Waals surface area (Å²) in [7, 11) is 4.67. The first kappa shape index (κ1) is 22.4. The van der Waals surface area contributed by atoms with E-state index in [2.05, 4.69) is 5.32 Å². The van der Waals surface area contributed by atoms with Gasteiger partial charge in [-0.2, -0.15) is 0 Å². The van der Waals surface area contributed by atoms with Gasteiger partial charge in [0.25, 0.3) is 17.1 Å². The highest BCUT2D eigenvalue weighted by Crippen LogP contribution is 2.37. The lowest BCUT2D eigenvalue weighted by Crippen LogP contribution is -2.20. The maximum absolute atomic E-state index is 12.7. The van der Waals surface area contributed by atoms with Crippen LogP contribution in [0.1, 0.15) is 10.4 Å². The largest absolute Gasteiger partial charge is 0.493 e. The Morgan fingerprint density at radius 3 is 2.52 bits per heavy atom. The molecule has 2 rings (SSSR count). The van der Waals surface area contributed by atoms with Crippen LogP contribution in [-0.2, 0) is 4.79 Å². The van der Waals surface area contributed by atoms with Crippen molar-refractivity contribution >= 4 is 46.1 Å². The van der Waals surface area contributed by atoms with E-state index in [4.69, 9.17) is 26.8 Å². The number of nitrogens with zero attached hydrogens (tertiary/aromatic N) is 1. The van der Waals surface area contributed by atoms with Crippen molar-refractivity contribution < 1.29 is 23.9 Å². The number of ether oxygens (including phenoxy) is 2. The van der Waals surface area contributed by atoms with Gasteiger partial charge >= 0.3 is 0 Å². The molecular formula is C19H20ClN3O5S. The molecule has 3 N–H and O–H groups in total. The molecule has 29 heavy (non-hydrogen) atoms. The van der Waals surface area contributed by atoms with E-state index in [1.54, 1.807) is 38.4 Å². The van der Waals surface area contributed by atoms with Crippen LogP contribution in [-0.4, -0.2) is 49.8 Å². The molecule has 2 aromatic rings. The molecule has 2 aromatic carbocycles. The van der Waals surface area contributed by atoms with Crippen LogP contribution in [0.4, 0.5) is 10.5 Å². The average Bonchev–Trinajstić information content (AvgIpc) is 2.67. The quantitative estimate of drug-likeness (QED) is 0.643. The standard InChI is InChI=1S/C19H20ClN3O5S/c1-23(2)19(26)29-15-7-5-4-6-13(15)22-18(25)11-8-12(20)17(14(9-11)27-3)28-10-16(21)24/h4-9H,10H2,1-3H3,(H2,21,24)(H,22,25). The minimum Gasteiger partial charge on any atom is -0.493 e. The Kier molecular flexibility index (Phi) is 7.74. The van der Waals surface area contributed by atoms with E-state index in [0.29, 0.717) is 10.6 Å². The van der Waals surface area contributed by atoms with Gasteiger partial charge in [-0.25, -0.2) is 0 Å². The van der Waals surface area contributed by atoms with Crippen molar-refractivity contribution in [1.29, 1.82) is 0 Å². The Bertz CT molecular complexity index is 936. The molecule has 0 spiro atoms. The van der Waals surface area contributed by atoms with Crippen molar-refractivity contribution in [2.45, 2.75) is 4.90 Å². The fourth-order valence-corrected chi connectivity index (χ4v) is 3.18. The van der Waals surface area contributed by atoms with Crippen LogP contribution in [0.15, 0.2) is 41.3 Å². The van der Waals surface area contributed by atoms with E-state index < -0.39 is 11.8 Å². The normalized spacial score (nSPS) is 10.2. The first-order valence-electron chi connectivity index (χ1n) is 8.31. The zero-order valence-corrected chi connectivity index (χ0v) is 17.6. The Hall–Kier alpha value is -2.91. The van der Waals surface area contributed by atoms with Crippen LogP contribution < -0.4 is 20.5 Å². The number of nitrogens with two attached hydrogens (primary N) is 1. The van der Waals surface area contributed by atoms with Gasteiger partial charge in [-0.05, 0) is 36.0 Å². The zero-order valence-electron chi connectivity index (χ0n) is 16.0. The monoisotopic (exact) mass is 437 g/mol. The van der Waals surface area contributed by atoms with Crippen molar-refractivity contribution in [2.75, 3.05) is 33.1 Å². The third-order valence-electron chi connectivity index (χ3n) is 3.55. The molecule has 0 aliphatic carbocycles. The summed E-state index contributed by atoms with van der Waals surface area (Å²) in [5, 5.41) is 2.67. The van der Waals surface area contributed by atoms with Crippen molar-refractivity contribution in [3.63, 3.8) is 0 Å². The van der Waals surface area contributed by atoms with Gasteiger partial charge < -0.3 is 25.4 Å². The molecule has 0 aromatic heterocycles. The summed E-state index contributed by atoms with van der Waals surface area (Å²) in [6.45, 7) is -0.383. The summed E-state index contributed by atoms with van der Waals surface area (Å²) < 4.78 is 10.5. The van der Waals surface area contributed by atoms with Crippen LogP contribution in [0.25, 0.3) is 0 Å². The average molecular weight is 438 g/mol. The number of rotatable bonds is 7. The van der Waals surface area contributed by atoms with Gasteiger partial charge in [0.2, 0.25) is 0 Å². The van der Waals surface area contributed by atoms with E-state index in [-0.39, 0.29) is 33.9 Å². The van der Waals surface area contributed by atoms with Crippen LogP contribution >= 0.6 is 23.4 Å². The highest BCUT2D eigenvalue weighted by molar-refractivity contribution is 8.13. The van der Waals surface area contributed by atoms with Crippen LogP contribution in [0.5, 0.6) is 11.5 Å². The van der Waals surface area contributed by atoms with Crippen molar-refractivity contribution in [3.05, 3.63) is 47.0 Å². The number of thioether (sulfide) groups is 1. The van der Waals surface area contributed by atoms with Crippen molar-refractivity contribution in [3.8, 4) is 11.5 Å². The van der Waals surface area contributed by atoms with Gasteiger partial charge in [-0.3, -0.25) is 14.4 Å². The third kappa shape index (κ3) is 6.03. The summed E-state index contributed by atoms with van der Waals surface area (Å²) in [5.74, 6) is -0.852. The zero-order chi connectivity index (χ0) is 21.6. The minimum atomic E-state index is -0.675. The van der Waals surface area contributed by atoms with Crippen LogP contribution in [0.2, 0.25) is 5.02 Å². The number of hydrogen-bond acceptors (Lipinski definition) is 6. The first-order chi connectivity index (χ1) is 13.7. The van der Waals surface area contributed by atoms with Gasteiger partial charge in [0.1, 0.15) is 0 Å². The maximum atomic E-state index is 12.7. The molecule has 0 bridgehead atoms. The molecule has 0 unspecified atom stereocenters. The first-order valence-corrected chi connectivity index (χ1v) is 9.50. The fraction of sp³-hybridized carbons (Fsp3) is 0.211. The molecule has 0 radical (unpaired) electrons. The number of methoxy groups -OCH3 is 1. The maximum Gasteiger partial charge on any atom is 0.286 e. The number of primary amides is 1. The Balaban J connectivity index is 2.27. The SMILES string of the molecule is COc1cc(C(=O)Nc2ccccc2SC(=O)N(C)C)cc(Cl)c1OCC(N)=O. The third-order valence-corrected chi connectivity index (χ3v) is 4.94. The molecule has 0 aliphatic rings. The lowest BCUT2D eigenvalue weighted by Gasteiger charge is -2.15. The number of carbonyl (C=O) groups is 3. The highest BCUT2D eigenvalue weighted by atomic mass is 35.5. The van der Waals surface area contributed by atoms with Gasteiger partial charge in [0.15, 0.2) is 18.1 Å². The second kappa shape index (κ2) is 10.0. The predicted molar refractivity (Wildman–Crippen MR) is 112 cm³/mol. The lowest BCUT2D eigenvalue weighted by atomic mass is 10.1.